The van der Waals surface area contributed by atoms with Gasteiger partial charge in [0.2, 0.25) is 0 Å². The standard InChI is InChI=1S/C57H45N/c1-36-24-26-41(27-25-36)58(42-28-30-46-50(34-42)56(2,3)54-48(37-16-8-6-9-17-37)32-39-20-12-14-22-44(39)52(46)54)43-29-31-47-51(35-43)57(4,5)55-49(38-18-10-7-11-19-38)33-40-21-13-15-23-45(40)53(47)55/h6-35H,1-5H3. The zero-order valence-electron chi connectivity index (χ0n) is 33.8. The Balaban J connectivity index is 1.11. The number of fused-ring (bicyclic) bond motifs is 10. The first-order valence-corrected chi connectivity index (χ1v) is 20.6. The first-order chi connectivity index (χ1) is 28.2. The zero-order valence-corrected chi connectivity index (χ0v) is 33.8. The van der Waals surface area contributed by atoms with Crippen molar-refractivity contribution < 1.29 is 0 Å². The van der Waals surface area contributed by atoms with E-state index in [4.69, 9.17) is 0 Å². The van der Waals surface area contributed by atoms with E-state index < -0.39 is 0 Å². The molecule has 0 unspecified atom stereocenters. The van der Waals surface area contributed by atoms with Gasteiger partial charge in [-0.2, -0.15) is 0 Å². The molecule has 0 fully saturated rings. The van der Waals surface area contributed by atoms with E-state index in [0.29, 0.717) is 0 Å². The van der Waals surface area contributed by atoms with E-state index >= 15 is 0 Å². The van der Waals surface area contributed by atoms with Crippen LogP contribution in [0.3, 0.4) is 0 Å². The molecule has 2 aliphatic carbocycles. The highest BCUT2D eigenvalue weighted by Gasteiger charge is 2.41. The van der Waals surface area contributed by atoms with Gasteiger partial charge >= 0.3 is 0 Å². The molecule has 278 valence electrons. The van der Waals surface area contributed by atoms with Crippen molar-refractivity contribution in [3.05, 3.63) is 210 Å². The maximum Gasteiger partial charge on any atom is 0.0465 e. The van der Waals surface area contributed by atoms with Crippen LogP contribution in [0.5, 0.6) is 0 Å². The lowest BCUT2D eigenvalue weighted by Gasteiger charge is -2.30. The maximum atomic E-state index is 2.48. The Morgan fingerprint density at radius 1 is 0.362 bits per heavy atom. The normalized spacial score (nSPS) is 14.2. The third-order valence-corrected chi connectivity index (χ3v) is 13.2. The topological polar surface area (TPSA) is 3.24 Å². The van der Waals surface area contributed by atoms with E-state index in [2.05, 4.69) is 222 Å². The van der Waals surface area contributed by atoms with Gasteiger partial charge in [0.05, 0.1) is 0 Å². The summed E-state index contributed by atoms with van der Waals surface area (Å²) < 4.78 is 0. The molecule has 0 radical (unpaired) electrons. The van der Waals surface area contributed by atoms with Gasteiger partial charge in [0.15, 0.2) is 0 Å². The number of hydrogen-bond donors (Lipinski definition) is 0. The van der Waals surface area contributed by atoms with E-state index in [-0.39, 0.29) is 10.8 Å². The molecule has 0 amide bonds. The Bertz CT molecular complexity index is 2910. The molecule has 0 atom stereocenters. The fraction of sp³-hybridized carbons (Fsp3) is 0.123. The lowest BCUT2D eigenvalue weighted by molar-refractivity contribution is 0.662. The van der Waals surface area contributed by atoms with E-state index in [1.807, 2.05) is 0 Å². The highest BCUT2D eigenvalue weighted by Crippen LogP contribution is 2.58. The lowest BCUT2D eigenvalue weighted by Crippen LogP contribution is -2.19. The van der Waals surface area contributed by atoms with E-state index in [1.165, 1.54) is 93.9 Å². The summed E-state index contributed by atoms with van der Waals surface area (Å²) in [6, 6.07) is 68.0. The van der Waals surface area contributed by atoms with Crippen molar-refractivity contribution in [1.29, 1.82) is 0 Å². The fourth-order valence-corrected chi connectivity index (χ4v) is 10.5. The van der Waals surface area contributed by atoms with Gasteiger partial charge in [-0.05, 0) is 144 Å². The number of nitrogens with zero attached hydrogens (tertiary/aromatic N) is 1. The van der Waals surface area contributed by atoms with Gasteiger partial charge in [0, 0.05) is 27.9 Å². The Labute approximate surface area is 341 Å². The molecular weight excluding hydrogens is 699 g/mol. The summed E-state index contributed by atoms with van der Waals surface area (Å²) in [5, 5.41) is 5.18. The first kappa shape index (κ1) is 34.5. The summed E-state index contributed by atoms with van der Waals surface area (Å²) in [5.41, 5.74) is 20.3. The van der Waals surface area contributed by atoms with Crippen LogP contribution >= 0.6 is 0 Å². The molecule has 0 saturated heterocycles. The Kier molecular flexibility index (Phi) is 7.53. The minimum absolute atomic E-state index is 0.231. The Morgan fingerprint density at radius 2 is 0.759 bits per heavy atom. The van der Waals surface area contributed by atoms with Crippen molar-refractivity contribution in [3.8, 4) is 44.5 Å². The third kappa shape index (κ3) is 5.02. The number of aryl methyl sites for hydroxylation is 1. The van der Waals surface area contributed by atoms with E-state index in [9.17, 15) is 0 Å². The molecule has 0 N–H and O–H groups in total. The molecular formula is C57H45N. The minimum atomic E-state index is -0.231. The van der Waals surface area contributed by atoms with Crippen LogP contribution < -0.4 is 4.90 Å². The predicted molar refractivity (Wildman–Crippen MR) is 247 cm³/mol. The van der Waals surface area contributed by atoms with Gasteiger partial charge < -0.3 is 4.90 Å². The molecule has 11 rings (SSSR count). The smallest absolute Gasteiger partial charge is 0.0465 e. The van der Waals surface area contributed by atoms with E-state index in [1.54, 1.807) is 0 Å². The van der Waals surface area contributed by atoms with Crippen molar-refractivity contribution in [2.24, 2.45) is 0 Å². The SMILES string of the molecule is Cc1ccc(N(c2ccc3c(c2)C(C)(C)c2c(-c4ccccc4)cc4ccccc4c2-3)c2ccc3c(c2)C(C)(C)c2c(-c4ccccc4)cc4ccccc4c2-3)cc1. The van der Waals surface area contributed by atoms with Crippen molar-refractivity contribution in [1.82, 2.24) is 0 Å². The van der Waals surface area contributed by atoms with Gasteiger partial charge in [0.1, 0.15) is 0 Å². The molecule has 9 aromatic rings. The van der Waals surface area contributed by atoms with Crippen molar-refractivity contribution in [2.45, 2.75) is 45.4 Å². The van der Waals surface area contributed by atoms with Crippen LogP contribution in [0.25, 0.3) is 66.1 Å². The first-order valence-electron chi connectivity index (χ1n) is 20.6. The second kappa shape index (κ2) is 12.7. The van der Waals surface area contributed by atoms with Crippen LogP contribution in [0.4, 0.5) is 17.1 Å². The fourth-order valence-electron chi connectivity index (χ4n) is 10.5. The zero-order chi connectivity index (χ0) is 39.3. The van der Waals surface area contributed by atoms with Crippen LogP contribution in [-0.4, -0.2) is 0 Å². The molecule has 0 aliphatic heterocycles. The minimum Gasteiger partial charge on any atom is -0.310 e. The largest absolute Gasteiger partial charge is 0.310 e. The lowest BCUT2D eigenvalue weighted by atomic mass is 9.77. The average molecular weight is 744 g/mol. The molecule has 1 heteroatoms. The molecule has 0 saturated carbocycles. The molecule has 2 aliphatic rings. The average Bonchev–Trinajstić information content (AvgIpc) is 3.64. The summed E-state index contributed by atoms with van der Waals surface area (Å²) in [6.07, 6.45) is 0. The van der Waals surface area contributed by atoms with Crippen molar-refractivity contribution in [2.75, 3.05) is 4.90 Å². The molecule has 0 heterocycles. The summed E-state index contributed by atoms with van der Waals surface area (Å²) in [6.45, 7) is 11.8. The molecule has 9 aromatic carbocycles. The third-order valence-electron chi connectivity index (χ3n) is 13.2. The monoisotopic (exact) mass is 743 g/mol. The molecule has 1 nitrogen and oxygen atoms in total. The van der Waals surface area contributed by atoms with E-state index in [0.717, 1.165) is 17.1 Å². The Morgan fingerprint density at radius 3 is 1.21 bits per heavy atom. The number of anilines is 3. The number of benzene rings is 9. The summed E-state index contributed by atoms with van der Waals surface area (Å²) >= 11 is 0. The molecule has 0 spiro atoms. The van der Waals surface area contributed by atoms with Crippen molar-refractivity contribution in [3.63, 3.8) is 0 Å². The summed E-state index contributed by atoms with van der Waals surface area (Å²) in [7, 11) is 0. The summed E-state index contributed by atoms with van der Waals surface area (Å²) in [5.74, 6) is 0. The maximum absolute atomic E-state index is 2.48. The number of hydrogen-bond acceptors (Lipinski definition) is 1. The van der Waals surface area contributed by atoms with Gasteiger partial charge in [-0.15, -0.1) is 0 Å². The highest BCUT2D eigenvalue weighted by atomic mass is 15.1. The quantitative estimate of drug-likeness (QED) is 0.170. The second-order valence-electron chi connectivity index (χ2n) is 17.4. The highest BCUT2D eigenvalue weighted by molar-refractivity contribution is 6.08. The van der Waals surface area contributed by atoms with Crippen molar-refractivity contribution >= 4 is 38.6 Å². The van der Waals surface area contributed by atoms with Gasteiger partial charge in [0.25, 0.3) is 0 Å². The number of rotatable bonds is 5. The van der Waals surface area contributed by atoms with Gasteiger partial charge in [-0.3, -0.25) is 0 Å². The van der Waals surface area contributed by atoms with Crippen LogP contribution in [0, 0.1) is 6.92 Å². The molecule has 0 aromatic heterocycles. The van der Waals surface area contributed by atoms with Crippen LogP contribution in [-0.2, 0) is 10.8 Å². The Hall–Kier alpha value is -6.70. The van der Waals surface area contributed by atoms with Crippen LogP contribution in [0.1, 0.15) is 55.5 Å². The predicted octanol–water partition coefficient (Wildman–Crippen LogP) is 15.7. The van der Waals surface area contributed by atoms with Gasteiger partial charge in [-0.25, -0.2) is 0 Å². The van der Waals surface area contributed by atoms with Crippen LogP contribution in [0.2, 0.25) is 0 Å². The molecule has 0 bridgehead atoms. The van der Waals surface area contributed by atoms with Crippen LogP contribution in [0.15, 0.2) is 182 Å². The summed E-state index contributed by atoms with van der Waals surface area (Å²) in [4.78, 5) is 2.48. The van der Waals surface area contributed by atoms with Gasteiger partial charge in [-0.1, -0.05) is 167 Å². The second-order valence-corrected chi connectivity index (χ2v) is 17.4. The molecule has 58 heavy (non-hydrogen) atoms.